The van der Waals surface area contributed by atoms with E-state index in [-0.39, 0.29) is 23.5 Å². The van der Waals surface area contributed by atoms with Crippen molar-refractivity contribution in [2.75, 3.05) is 5.32 Å². The van der Waals surface area contributed by atoms with E-state index in [0.29, 0.717) is 35.3 Å². The molecule has 1 N–H and O–H groups in total. The van der Waals surface area contributed by atoms with Gasteiger partial charge >= 0.3 is 5.91 Å². The van der Waals surface area contributed by atoms with Crippen molar-refractivity contribution < 1.29 is 26.3 Å². The van der Waals surface area contributed by atoms with Gasteiger partial charge in [0, 0.05) is 36.5 Å². The summed E-state index contributed by atoms with van der Waals surface area (Å²) >= 11 is 5.40. The summed E-state index contributed by atoms with van der Waals surface area (Å²) in [7, 11) is 0. The van der Waals surface area contributed by atoms with Gasteiger partial charge in [-0.25, -0.2) is 22.9 Å². The summed E-state index contributed by atoms with van der Waals surface area (Å²) in [6, 6.07) is 10.8. The van der Waals surface area contributed by atoms with Crippen molar-refractivity contribution in [3.63, 3.8) is 0 Å². The summed E-state index contributed by atoms with van der Waals surface area (Å²) in [5.74, 6) is -0.0375. The fourth-order valence-electron chi connectivity index (χ4n) is 4.31. The third-order valence-electron chi connectivity index (χ3n) is 6.00. The molecule has 4 aromatic rings. The van der Waals surface area contributed by atoms with Crippen LogP contribution >= 0.6 is 0 Å². The number of nitrogens with zero attached hydrogens (tertiary/aromatic N) is 3. The number of furan rings is 1. The monoisotopic (exact) mass is 473 g/mol. The zero-order chi connectivity index (χ0) is 23.1. The first-order chi connectivity index (χ1) is 15.9. The first kappa shape index (κ1) is 21.6. The molecule has 0 atom stereocenters. The lowest BCUT2D eigenvalue weighted by Gasteiger charge is -2.26. The third-order valence-corrected chi connectivity index (χ3v) is 6.47. The van der Waals surface area contributed by atoms with Gasteiger partial charge in [-0.3, -0.25) is 4.40 Å². The predicted molar refractivity (Wildman–Crippen MR) is 118 cm³/mol. The van der Waals surface area contributed by atoms with E-state index in [0.717, 1.165) is 12.8 Å². The molecule has 1 amide bonds. The van der Waals surface area contributed by atoms with Gasteiger partial charge in [0.25, 0.3) is 18.9 Å². The number of amides is 1. The molecule has 0 spiro atoms. The number of pyridine rings is 1. The lowest BCUT2D eigenvalue weighted by molar-refractivity contribution is -0.449. The van der Waals surface area contributed by atoms with Crippen LogP contribution in [0.1, 0.15) is 48.4 Å². The van der Waals surface area contributed by atoms with E-state index in [1.54, 1.807) is 16.5 Å². The van der Waals surface area contributed by atoms with Gasteiger partial charge < -0.3 is 9.73 Å². The molecule has 0 aliphatic heterocycles. The highest BCUT2D eigenvalue weighted by Gasteiger charge is 2.36. The first-order valence-corrected chi connectivity index (χ1v) is 11.0. The van der Waals surface area contributed by atoms with Crippen LogP contribution in [0.25, 0.3) is 16.6 Å². The molecule has 1 aromatic carbocycles. The molecule has 0 unspecified atom stereocenters. The van der Waals surface area contributed by atoms with Crippen LogP contribution in [0.3, 0.4) is 0 Å². The van der Waals surface area contributed by atoms with Gasteiger partial charge in [-0.1, -0.05) is 10.0 Å². The van der Waals surface area contributed by atoms with Crippen LogP contribution in [0.2, 0.25) is 0 Å². The number of imidazole rings is 1. The van der Waals surface area contributed by atoms with Crippen LogP contribution in [-0.2, 0) is 12.4 Å². The number of nitrogens with one attached hydrogen (secondary N) is 1. The van der Waals surface area contributed by atoms with E-state index in [4.69, 9.17) is 16.8 Å². The van der Waals surface area contributed by atoms with Crippen LogP contribution in [0.5, 0.6) is 0 Å². The smallest absolute Gasteiger partial charge is 0.446 e. The molecule has 6 nitrogen and oxygen atoms in total. The number of rotatable bonds is 5. The number of alkyl halides is 2. The minimum absolute atomic E-state index is 0.0902. The number of hydrogen-bond acceptors (Lipinski definition) is 5. The Balaban J connectivity index is 1.24. The summed E-state index contributed by atoms with van der Waals surface area (Å²) < 4.78 is 47.9. The molecule has 0 bridgehead atoms. The number of carbonyl (C=O) groups is 1. The zero-order valence-electron chi connectivity index (χ0n) is 17.4. The maximum atomic E-state index is 13.4. The molecule has 0 radical (unpaired) electrons. The van der Waals surface area contributed by atoms with Crippen molar-refractivity contribution in [3.8, 4) is 0 Å². The summed E-state index contributed by atoms with van der Waals surface area (Å²) in [6.45, 7) is 0. The third kappa shape index (κ3) is 4.22. The number of halogens is 3. The van der Waals surface area contributed by atoms with E-state index in [2.05, 4.69) is 10.3 Å². The van der Waals surface area contributed by atoms with Gasteiger partial charge in [-0.05, 0) is 43.2 Å². The van der Waals surface area contributed by atoms with Crippen LogP contribution < -0.4 is 5.32 Å². The maximum Gasteiger partial charge on any atom is 0.468 e. The number of benzene rings is 1. The van der Waals surface area contributed by atoms with Gasteiger partial charge in [0.15, 0.2) is 6.04 Å². The summed E-state index contributed by atoms with van der Waals surface area (Å²) in [4.78, 5) is 16.8. The molecular formula is C23H20F3N4O2S+. The van der Waals surface area contributed by atoms with Crippen molar-refractivity contribution in [2.45, 2.75) is 44.2 Å². The lowest BCUT2D eigenvalue weighted by atomic mass is 9.91. The van der Waals surface area contributed by atoms with Crippen molar-refractivity contribution in [1.82, 2.24) is 9.38 Å². The van der Waals surface area contributed by atoms with E-state index in [9.17, 15) is 18.0 Å². The molecule has 1 aliphatic rings. The van der Waals surface area contributed by atoms with E-state index >= 15 is 0 Å². The quantitative estimate of drug-likeness (QED) is 0.390. The molecule has 10 heteroatoms. The topological polar surface area (TPSA) is 62.5 Å². The summed E-state index contributed by atoms with van der Waals surface area (Å²) in [6.07, 6.45) is 1.59. The molecule has 3 heterocycles. The molecule has 1 fully saturated rings. The Morgan fingerprint density at radius 1 is 1.18 bits per heavy atom. The van der Waals surface area contributed by atoms with Gasteiger partial charge in [-0.2, -0.15) is 0 Å². The van der Waals surface area contributed by atoms with Crippen LogP contribution in [0.4, 0.5) is 19.0 Å². The number of fused-ring (bicyclic) bond motifs is 2. The Kier molecular flexibility index (Phi) is 5.61. The minimum atomic E-state index is -2.63. The van der Waals surface area contributed by atoms with Crippen molar-refractivity contribution in [3.05, 3.63) is 65.9 Å². The summed E-state index contributed by atoms with van der Waals surface area (Å²) in [5.41, 5.74) is 0.623. The Hall–Kier alpha value is -3.27. The average Bonchev–Trinajstić information content (AvgIpc) is 3.43. The second-order valence-corrected chi connectivity index (χ2v) is 8.57. The lowest BCUT2D eigenvalue weighted by Crippen LogP contribution is -2.37. The van der Waals surface area contributed by atoms with Crippen LogP contribution in [-0.4, -0.2) is 31.3 Å². The van der Waals surface area contributed by atoms with E-state index in [1.165, 1.54) is 34.4 Å². The van der Waals surface area contributed by atoms with E-state index < -0.39 is 18.1 Å². The van der Waals surface area contributed by atoms with Crippen LogP contribution in [0.15, 0.2) is 53.1 Å². The van der Waals surface area contributed by atoms with Crippen molar-refractivity contribution in [2.24, 2.45) is 0 Å². The van der Waals surface area contributed by atoms with Gasteiger partial charge in [0.05, 0.1) is 0 Å². The van der Waals surface area contributed by atoms with Gasteiger partial charge in [0.1, 0.15) is 28.6 Å². The van der Waals surface area contributed by atoms with Crippen molar-refractivity contribution in [1.29, 1.82) is 0 Å². The Bertz CT molecular complexity index is 1360. The van der Waals surface area contributed by atoms with Gasteiger partial charge in [0.2, 0.25) is 5.76 Å². The zero-order valence-corrected chi connectivity index (χ0v) is 18.2. The molecule has 1 saturated carbocycles. The predicted octanol–water partition coefficient (Wildman–Crippen LogP) is 5.46. The first-order valence-electron chi connectivity index (χ1n) is 10.6. The minimum Gasteiger partial charge on any atom is -0.446 e. The highest BCUT2D eigenvalue weighted by Crippen LogP contribution is 2.27. The number of hydrogen-bond donors (Lipinski definition) is 1. The largest absolute Gasteiger partial charge is 0.468 e. The molecule has 33 heavy (non-hydrogen) atoms. The van der Waals surface area contributed by atoms with E-state index in [1.807, 2.05) is 6.07 Å². The van der Waals surface area contributed by atoms with Crippen LogP contribution in [0, 0.1) is 5.82 Å². The number of carbonyl (C=O) groups excluding carboxylic acids is 1. The fraction of sp³-hybridized carbons (Fsp3) is 0.304. The Morgan fingerprint density at radius 3 is 2.73 bits per heavy atom. The highest BCUT2D eigenvalue weighted by atomic mass is 32.1. The normalized spacial score (nSPS) is 18.8. The fourth-order valence-corrected chi connectivity index (χ4v) is 4.61. The van der Waals surface area contributed by atoms with Crippen molar-refractivity contribution >= 4 is 40.8 Å². The Labute approximate surface area is 192 Å². The molecule has 5 rings (SSSR count). The molecule has 170 valence electrons. The second kappa shape index (κ2) is 8.58. The SMILES string of the molecule is O=C(c1cc2cc(F)ccc2o1)[N+](=S)C1CCC(Nc2cccc3nc(C(F)F)cn23)CC1. The standard InChI is InChI=1S/C23H20F3N4O2S/c24-14-4-9-18-13(10-14)11-19(32-18)23(31)30(33)16-7-5-15(6-8-16)27-20-2-1-3-21-28-17(22(25)26)12-29(20)21/h1-4,9-12,15-16,22,27H,5-8H2/q+1. The highest BCUT2D eigenvalue weighted by molar-refractivity contribution is 7.44. The Morgan fingerprint density at radius 2 is 1.97 bits per heavy atom. The molecule has 3 aromatic heterocycles. The maximum absolute atomic E-state index is 13.4. The second-order valence-electron chi connectivity index (χ2n) is 8.18. The summed E-state index contributed by atoms with van der Waals surface area (Å²) in [5, 5.41) is 3.92. The molecular weight excluding hydrogens is 453 g/mol. The number of aromatic nitrogens is 2. The average molecular weight is 474 g/mol. The van der Waals surface area contributed by atoms with Gasteiger partial charge in [-0.15, -0.1) is 0 Å². The molecule has 0 saturated heterocycles. The number of anilines is 1. The molecule has 1 aliphatic carbocycles.